The van der Waals surface area contributed by atoms with Crippen molar-refractivity contribution in [1.29, 1.82) is 0 Å². The first-order valence-electron chi connectivity index (χ1n) is 10.4. The van der Waals surface area contributed by atoms with Crippen LogP contribution in [0.15, 0.2) is 83.3 Å². The van der Waals surface area contributed by atoms with E-state index in [2.05, 4.69) is 15.9 Å². The third-order valence-corrected chi connectivity index (χ3v) is 6.64. The van der Waals surface area contributed by atoms with E-state index in [9.17, 15) is 9.59 Å². The standard InChI is InChI=1S/C25H22BrN3O3/c1-27(2)17-14-12-16(13-15-17)22-21-23(32-29(22)18-8-4-3-5-9-18)25(31)28(24(21)30)20-11-7-6-10-19(20)26/h3-15,21-23H,1-2H3/t21-,22+,23+/m1/s1. The van der Waals surface area contributed by atoms with Crippen molar-refractivity contribution in [2.45, 2.75) is 12.1 Å². The molecule has 162 valence electrons. The molecule has 2 aliphatic rings. The molecule has 0 bridgehead atoms. The Morgan fingerprint density at radius 1 is 0.844 bits per heavy atom. The van der Waals surface area contributed by atoms with E-state index in [0.717, 1.165) is 16.9 Å². The first-order chi connectivity index (χ1) is 15.5. The number of amides is 2. The second-order valence-electron chi connectivity index (χ2n) is 8.11. The first kappa shape index (κ1) is 20.7. The molecule has 3 atom stereocenters. The Morgan fingerprint density at radius 2 is 1.50 bits per heavy atom. The highest BCUT2D eigenvalue weighted by molar-refractivity contribution is 9.10. The van der Waals surface area contributed by atoms with Crippen molar-refractivity contribution in [2.75, 3.05) is 29.0 Å². The normalized spacial score (nSPS) is 22.4. The maximum absolute atomic E-state index is 13.7. The van der Waals surface area contributed by atoms with Crippen molar-refractivity contribution in [1.82, 2.24) is 0 Å². The molecule has 5 rings (SSSR count). The number of rotatable bonds is 4. The lowest BCUT2D eigenvalue weighted by Gasteiger charge is -2.29. The molecule has 2 saturated heterocycles. The third-order valence-electron chi connectivity index (χ3n) is 5.97. The van der Waals surface area contributed by atoms with Gasteiger partial charge in [-0.2, -0.15) is 0 Å². The minimum absolute atomic E-state index is 0.257. The van der Waals surface area contributed by atoms with E-state index < -0.39 is 18.1 Å². The van der Waals surface area contributed by atoms with E-state index in [1.165, 1.54) is 4.90 Å². The van der Waals surface area contributed by atoms with E-state index in [4.69, 9.17) is 4.84 Å². The number of fused-ring (bicyclic) bond motifs is 1. The van der Waals surface area contributed by atoms with Gasteiger partial charge in [-0.25, -0.2) is 9.96 Å². The summed E-state index contributed by atoms with van der Waals surface area (Å²) < 4.78 is 0.688. The molecule has 2 aliphatic heterocycles. The number of hydrogen-bond donors (Lipinski definition) is 0. The molecule has 7 heteroatoms. The second kappa shape index (κ2) is 8.07. The summed E-state index contributed by atoms with van der Waals surface area (Å²) in [5, 5.41) is 1.72. The SMILES string of the molecule is CN(C)c1ccc([C@H]2[C@H]3C(=O)N(c4ccccc4Br)C(=O)[C@H]3ON2c2ccccc2)cc1. The quantitative estimate of drug-likeness (QED) is 0.500. The zero-order valence-corrected chi connectivity index (χ0v) is 19.3. The molecule has 6 nitrogen and oxygen atoms in total. The van der Waals surface area contributed by atoms with Gasteiger partial charge in [0.1, 0.15) is 5.92 Å². The fourth-order valence-electron chi connectivity index (χ4n) is 4.39. The number of benzene rings is 3. The monoisotopic (exact) mass is 491 g/mol. The van der Waals surface area contributed by atoms with Gasteiger partial charge in [0, 0.05) is 24.3 Å². The van der Waals surface area contributed by atoms with Gasteiger partial charge in [-0.3, -0.25) is 14.4 Å². The van der Waals surface area contributed by atoms with Crippen LogP contribution in [0.5, 0.6) is 0 Å². The number of carbonyl (C=O) groups is 2. The maximum atomic E-state index is 13.7. The van der Waals surface area contributed by atoms with Crippen molar-refractivity contribution in [3.63, 3.8) is 0 Å². The van der Waals surface area contributed by atoms with Crippen LogP contribution < -0.4 is 14.9 Å². The van der Waals surface area contributed by atoms with Crippen LogP contribution in [0.4, 0.5) is 17.1 Å². The van der Waals surface area contributed by atoms with E-state index >= 15 is 0 Å². The van der Waals surface area contributed by atoms with Crippen molar-refractivity contribution in [3.05, 3.63) is 88.9 Å². The van der Waals surface area contributed by atoms with Gasteiger partial charge in [0.2, 0.25) is 5.91 Å². The van der Waals surface area contributed by atoms with Gasteiger partial charge < -0.3 is 4.90 Å². The lowest BCUT2D eigenvalue weighted by Crippen LogP contribution is -2.37. The molecule has 0 saturated carbocycles. The molecule has 0 N–H and O–H groups in total. The van der Waals surface area contributed by atoms with Crippen LogP contribution in [-0.4, -0.2) is 32.0 Å². The number of nitrogens with zero attached hydrogens (tertiary/aromatic N) is 3. The molecule has 0 spiro atoms. The van der Waals surface area contributed by atoms with Gasteiger partial charge in [-0.1, -0.05) is 42.5 Å². The highest BCUT2D eigenvalue weighted by Gasteiger charge is 2.60. The average molecular weight is 492 g/mol. The fourth-order valence-corrected chi connectivity index (χ4v) is 4.85. The highest BCUT2D eigenvalue weighted by Crippen LogP contribution is 2.48. The Hall–Kier alpha value is -3.16. The summed E-state index contributed by atoms with van der Waals surface area (Å²) in [5.74, 6) is -1.26. The second-order valence-corrected chi connectivity index (χ2v) is 8.96. The Bertz CT molecular complexity index is 1170. The molecule has 0 aromatic heterocycles. The number of hydrogen-bond acceptors (Lipinski definition) is 5. The Labute approximate surface area is 195 Å². The summed E-state index contributed by atoms with van der Waals surface area (Å²) in [6, 6.07) is 24.4. The van der Waals surface area contributed by atoms with E-state index in [-0.39, 0.29) is 11.8 Å². The minimum Gasteiger partial charge on any atom is -0.378 e. The fraction of sp³-hybridized carbons (Fsp3) is 0.200. The zero-order chi connectivity index (χ0) is 22.4. The first-order valence-corrected chi connectivity index (χ1v) is 11.2. The molecule has 3 aromatic carbocycles. The maximum Gasteiger partial charge on any atom is 0.266 e. The number of anilines is 3. The Morgan fingerprint density at radius 3 is 2.16 bits per heavy atom. The van der Waals surface area contributed by atoms with Crippen molar-refractivity contribution in [3.8, 4) is 0 Å². The van der Waals surface area contributed by atoms with E-state index in [1.54, 1.807) is 11.1 Å². The lowest BCUT2D eigenvalue weighted by molar-refractivity contribution is -0.126. The van der Waals surface area contributed by atoms with Gasteiger partial charge in [-0.05, 0) is 57.9 Å². The molecule has 2 fully saturated rings. The van der Waals surface area contributed by atoms with Crippen LogP contribution in [-0.2, 0) is 14.4 Å². The Kier molecular flexibility index (Phi) is 5.23. The molecular formula is C25H22BrN3O3. The summed E-state index contributed by atoms with van der Waals surface area (Å²) >= 11 is 3.47. The van der Waals surface area contributed by atoms with Crippen molar-refractivity contribution < 1.29 is 14.4 Å². The van der Waals surface area contributed by atoms with Crippen LogP contribution in [0.3, 0.4) is 0 Å². The topological polar surface area (TPSA) is 53.1 Å². The molecule has 0 radical (unpaired) electrons. The molecule has 0 unspecified atom stereocenters. The lowest BCUT2D eigenvalue weighted by atomic mass is 9.90. The van der Waals surface area contributed by atoms with Gasteiger partial charge in [-0.15, -0.1) is 0 Å². The van der Waals surface area contributed by atoms with Crippen molar-refractivity contribution >= 4 is 44.8 Å². The largest absolute Gasteiger partial charge is 0.378 e. The van der Waals surface area contributed by atoms with Crippen LogP contribution >= 0.6 is 15.9 Å². The molecule has 2 heterocycles. The van der Waals surface area contributed by atoms with Gasteiger partial charge in [0.15, 0.2) is 6.10 Å². The number of carbonyl (C=O) groups excluding carboxylic acids is 2. The molecule has 3 aromatic rings. The summed E-state index contributed by atoms with van der Waals surface area (Å²) in [7, 11) is 3.96. The smallest absolute Gasteiger partial charge is 0.266 e. The van der Waals surface area contributed by atoms with E-state index in [0.29, 0.717) is 10.2 Å². The Balaban J connectivity index is 1.58. The zero-order valence-electron chi connectivity index (χ0n) is 17.7. The summed E-state index contributed by atoms with van der Waals surface area (Å²) in [4.78, 5) is 36.5. The number of para-hydroxylation sites is 2. The predicted molar refractivity (Wildman–Crippen MR) is 127 cm³/mol. The van der Waals surface area contributed by atoms with Gasteiger partial charge >= 0.3 is 0 Å². The molecule has 32 heavy (non-hydrogen) atoms. The summed E-state index contributed by atoms with van der Waals surface area (Å²) in [6.07, 6.45) is -0.881. The minimum atomic E-state index is -0.881. The molecular weight excluding hydrogens is 470 g/mol. The van der Waals surface area contributed by atoms with Gasteiger partial charge in [0.05, 0.1) is 17.4 Å². The highest BCUT2D eigenvalue weighted by atomic mass is 79.9. The van der Waals surface area contributed by atoms with E-state index in [1.807, 2.05) is 91.8 Å². The summed E-state index contributed by atoms with van der Waals surface area (Å²) in [6.45, 7) is 0. The number of halogens is 1. The van der Waals surface area contributed by atoms with Crippen molar-refractivity contribution in [2.24, 2.45) is 5.92 Å². The van der Waals surface area contributed by atoms with Crippen LogP contribution in [0.25, 0.3) is 0 Å². The van der Waals surface area contributed by atoms with Crippen LogP contribution in [0.2, 0.25) is 0 Å². The molecule has 2 amide bonds. The third kappa shape index (κ3) is 3.29. The van der Waals surface area contributed by atoms with Crippen LogP contribution in [0, 0.1) is 5.92 Å². The summed E-state index contributed by atoms with van der Waals surface area (Å²) in [5.41, 5.74) is 3.31. The average Bonchev–Trinajstić information content (AvgIpc) is 3.31. The predicted octanol–water partition coefficient (Wildman–Crippen LogP) is 4.57. The molecule has 0 aliphatic carbocycles. The number of imide groups is 1. The number of hydroxylamine groups is 1. The van der Waals surface area contributed by atoms with Gasteiger partial charge in [0.25, 0.3) is 5.91 Å². The van der Waals surface area contributed by atoms with Crippen LogP contribution in [0.1, 0.15) is 11.6 Å².